The summed E-state index contributed by atoms with van der Waals surface area (Å²) in [7, 11) is 1.69. The van der Waals surface area contributed by atoms with E-state index >= 15 is 0 Å². The van der Waals surface area contributed by atoms with Gasteiger partial charge >= 0.3 is 0 Å². The maximum absolute atomic E-state index is 12.9. The third-order valence-corrected chi connectivity index (χ3v) is 7.15. The number of carbonyl (C=O) groups excluding carboxylic acids is 1. The number of hydrogen-bond donors (Lipinski definition) is 2. The van der Waals surface area contributed by atoms with Gasteiger partial charge in [0.2, 0.25) is 5.91 Å². The molecule has 3 atom stereocenters. The number of methoxy groups -OCH3 is 1. The molecule has 1 aliphatic heterocycles. The van der Waals surface area contributed by atoms with Gasteiger partial charge in [0, 0.05) is 38.3 Å². The van der Waals surface area contributed by atoms with Crippen molar-refractivity contribution < 1.29 is 24.5 Å². The number of unbranched alkanes of at least 4 members (excludes halogenated alkanes) is 1. The van der Waals surface area contributed by atoms with Crippen LogP contribution in [0.4, 0.5) is 0 Å². The van der Waals surface area contributed by atoms with Crippen molar-refractivity contribution in [1.82, 2.24) is 4.90 Å². The number of para-hydroxylation sites is 2. The largest absolute Gasteiger partial charge is 0.457 e. The van der Waals surface area contributed by atoms with E-state index in [-0.39, 0.29) is 18.2 Å². The van der Waals surface area contributed by atoms with Gasteiger partial charge in [-0.25, -0.2) is 0 Å². The summed E-state index contributed by atoms with van der Waals surface area (Å²) in [5, 5.41) is 22.4. The van der Waals surface area contributed by atoms with Gasteiger partial charge in [-0.3, -0.25) is 4.79 Å². The molecule has 35 heavy (non-hydrogen) atoms. The monoisotopic (exact) mass is 483 g/mol. The Morgan fingerprint density at radius 2 is 1.86 bits per heavy atom. The highest BCUT2D eigenvalue weighted by Gasteiger charge is 2.43. The highest BCUT2D eigenvalue weighted by Crippen LogP contribution is 2.44. The molecule has 0 radical (unpaired) electrons. The van der Waals surface area contributed by atoms with Gasteiger partial charge in [-0.15, -0.1) is 0 Å². The van der Waals surface area contributed by atoms with E-state index in [4.69, 9.17) is 9.47 Å². The number of carbonyl (C=O) groups is 1. The Bertz CT molecular complexity index is 948. The lowest BCUT2D eigenvalue weighted by Gasteiger charge is -2.43. The van der Waals surface area contributed by atoms with Crippen LogP contribution in [0.2, 0.25) is 0 Å². The van der Waals surface area contributed by atoms with Crippen molar-refractivity contribution in [1.29, 1.82) is 0 Å². The van der Waals surface area contributed by atoms with Gasteiger partial charge in [0.1, 0.15) is 11.5 Å². The standard InChI is InChI=1S/C29H41NO5/c1-4-24(31)20-28(32)30-18-11-13-23(21-30)29(33,17-9-10-19-34-3)25-14-6-8-16-27(25)35-26-15-7-5-12-22(26)2/h5-8,12,14-16,23-24,31,33H,4,9-11,13,17-21H2,1-3H3/t23-,24?,29?/m1/s1. The fourth-order valence-electron chi connectivity index (χ4n) is 4.97. The SMILES string of the molecule is CCC(O)CC(=O)N1CCC[C@@H](C(O)(CCCCOC)c2ccccc2Oc2ccccc2C)C1. The van der Waals surface area contributed by atoms with Gasteiger partial charge in [0.25, 0.3) is 0 Å². The molecule has 0 aromatic heterocycles. The molecule has 6 nitrogen and oxygen atoms in total. The second kappa shape index (κ2) is 13.1. The van der Waals surface area contributed by atoms with Crippen molar-refractivity contribution in [2.24, 2.45) is 5.92 Å². The molecule has 0 bridgehead atoms. The van der Waals surface area contributed by atoms with E-state index in [9.17, 15) is 15.0 Å². The molecule has 0 spiro atoms. The molecular weight excluding hydrogens is 442 g/mol. The first-order chi connectivity index (χ1) is 16.9. The molecule has 0 aliphatic carbocycles. The highest BCUT2D eigenvalue weighted by molar-refractivity contribution is 5.76. The lowest BCUT2D eigenvalue weighted by molar-refractivity contribution is -0.138. The number of nitrogens with zero attached hydrogens (tertiary/aromatic N) is 1. The van der Waals surface area contributed by atoms with Crippen molar-refractivity contribution in [2.75, 3.05) is 26.8 Å². The van der Waals surface area contributed by atoms with Crippen molar-refractivity contribution in [3.63, 3.8) is 0 Å². The number of amides is 1. The summed E-state index contributed by atoms with van der Waals surface area (Å²) in [5.74, 6) is 1.22. The number of aryl methyl sites for hydroxylation is 1. The van der Waals surface area contributed by atoms with Crippen molar-refractivity contribution >= 4 is 5.91 Å². The van der Waals surface area contributed by atoms with E-state index in [0.717, 1.165) is 42.6 Å². The first-order valence-corrected chi connectivity index (χ1v) is 12.9. The summed E-state index contributed by atoms with van der Waals surface area (Å²) >= 11 is 0. The molecule has 1 amide bonds. The fraction of sp³-hybridized carbons (Fsp3) is 0.552. The van der Waals surface area contributed by atoms with Crippen LogP contribution in [-0.4, -0.2) is 53.9 Å². The van der Waals surface area contributed by atoms with Gasteiger partial charge in [0.05, 0.1) is 18.1 Å². The molecular formula is C29H41NO5. The second-order valence-corrected chi connectivity index (χ2v) is 9.68. The van der Waals surface area contributed by atoms with Gasteiger partial charge in [-0.05, 0) is 63.1 Å². The topological polar surface area (TPSA) is 79.2 Å². The van der Waals surface area contributed by atoms with Crippen LogP contribution in [0.1, 0.15) is 63.0 Å². The molecule has 2 aromatic rings. The number of ether oxygens (including phenoxy) is 2. The molecule has 1 fully saturated rings. The minimum Gasteiger partial charge on any atom is -0.457 e. The fourth-order valence-corrected chi connectivity index (χ4v) is 4.97. The summed E-state index contributed by atoms with van der Waals surface area (Å²) in [5.41, 5.74) is 0.624. The molecule has 1 aliphatic rings. The van der Waals surface area contributed by atoms with Crippen LogP contribution >= 0.6 is 0 Å². The molecule has 192 valence electrons. The lowest BCUT2D eigenvalue weighted by atomic mass is 9.73. The Hall–Kier alpha value is -2.41. The van der Waals surface area contributed by atoms with Gasteiger partial charge < -0.3 is 24.6 Å². The molecule has 6 heteroatoms. The number of piperidine rings is 1. The van der Waals surface area contributed by atoms with Crippen LogP contribution in [0.3, 0.4) is 0 Å². The van der Waals surface area contributed by atoms with Crippen LogP contribution in [0.5, 0.6) is 11.5 Å². The van der Waals surface area contributed by atoms with E-state index in [2.05, 4.69) is 0 Å². The average Bonchev–Trinajstić information content (AvgIpc) is 2.88. The van der Waals surface area contributed by atoms with Gasteiger partial charge in [0.15, 0.2) is 0 Å². The zero-order chi connectivity index (χ0) is 25.3. The second-order valence-electron chi connectivity index (χ2n) is 9.68. The first-order valence-electron chi connectivity index (χ1n) is 12.9. The smallest absolute Gasteiger partial charge is 0.225 e. The highest BCUT2D eigenvalue weighted by atomic mass is 16.5. The Morgan fingerprint density at radius 3 is 2.57 bits per heavy atom. The molecule has 2 aromatic carbocycles. The summed E-state index contributed by atoms with van der Waals surface area (Å²) in [6.07, 6.45) is 3.88. The number of hydrogen-bond acceptors (Lipinski definition) is 5. The van der Waals surface area contributed by atoms with Crippen molar-refractivity contribution in [3.8, 4) is 11.5 Å². The number of aliphatic hydroxyl groups excluding tert-OH is 1. The van der Waals surface area contributed by atoms with Crippen molar-refractivity contribution in [2.45, 2.75) is 70.5 Å². The van der Waals surface area contributed by atoms with E-state index in [0.29, 0.717) is 38.3 Å². The van der Waals surface area contributed by atoms with Gasteiger partial charge in [-0.1, -0.05) is 43.3 Å². The zero-order valence-corrected chi connectivity index (χ0v) is 21.4. The Balaban J connectivity index is 1.91. The normalized spacial score (nSPS) is 18.7. The van der Waals surface area contributed by atoms with Crippen LogP contribution in [0.25, 0.3) is 0 Å². The molecule has 3 rings (SSSR count). The average molecular weight is 484 g/mol. The predicted octanol–water partition coefficient (Wildman–Crippen LogP) is 5.19. The lowest BCUT2D eigenvalue weighted by Crippen LogP contribution is -2.48. The minimum absolute atomic E-state index is 0.0461. The van der Waals surface area contributed by atoms with Crippen LogP contribution in [0.15, 0.2) is 48.5 Å². The molecule has 1 saturated heterocycles. The van der Waals surface area contributed by atoms with Crippen LogP contribution < -0.4 is 4.74 Å². The molecule has 2 unspecified atom stereocenters. The maximum Gasteiger partial charge on any atom is 0.225 e. The molecule has 1 heterocycles. The van der Waals surface area contributed by atoms with Crippen LogP contribution in [0, 0.1) is 12.8 Å². The molecule has 2 N–H and O–H groups in total. The number of likely N-dealkylation sites (tertiary alicyclic amines) is 1. The van der Waals surface area contributed by atoms with E-state index in [1.54, 1.807) is 7.11 Å². The summed E-state index contributed by atoms with van der Waals surface area (Å²) in [6.45, 7) is 5.65. The van der Waals surface area contributed by atoms with Crippen molar-refractivity contribution in [3.05, 3.63) is 59.7 Å². The van der Waals surface area contributed by atoms with Gasteiger partial charge in [-0.2, -0.15) is 0 Å². The Kier molecular flexibility index (Phi) is 10.1. The molecule has 0 saturated carbocycles. The first kappa shape index (κ1) is 27.2. The summed E-state index contributed by atoms with van der Waals surface area (Å²) < 4.78 is 11.6. The van der Waals surface area contributed by atoms with Crippen LogP contribution in [-0.2, 0) is 15.1 Å². The van der Waals surface area contributed by atoms with E-state index in [1.165, 1.54) is 0 Å². The quantitative estimate of drug-likeness (QED) is 0.406. The number of benzene rings is 2. The zero-order valence-electron chi connectivity index (χ0n) is 21.4. The van der Waals surface area contributed by atoms with E-state index in [1.807, 2.05) is 67.3 Å². The predicted molar refractivity (Wildman–Crippen MR) is 138 cm³/mol. The summed E-state index contributed by atoms with van der Waals surface area (Å²) in [4.78, 5) is 14.7. The third kappa shape index (κ3) is 7.06. The Morgan fingerprint density at radius 1 is 1.14 bits per heavy atom. The maximum atomic E-state index is 12.9. The number of rotatable bonds is 12. The summed E-state index contributed by atoms with van der Waals surface area (Å²) in [6, 6.07) is 15.6. The minimum atomic E-state index is -1.16. The Labute approximate surface area is 209 Å². The van der Waals surface area contributed by atoms with E-state index < -0.39 is 11.7 Å². The third-order valence-electron chi connectivity index (χ3n) is 7.15. The number of aliphatic hydroxyl groups is 2.